The summed E-state index contributed by atoms with van der Waals surface area (Å²) in [7, 11) is 0. The molecule has 3 N–H and O–H groups in total. The van der Waals surface area contributed by atoms with Gasteiger partial charge in [-0.2, -0.15) is 0 Å². The van der Waals surface area contributed by atoms with Crippen LogP contribution in [0.1, 0.15) is 38.5 Å². The number of nitrogens with zero attached hydrogens (tertiary/aromatic N) is 1. The summed E-state index contributed by atoms with van der Waals surface area (Å²) in [6, 6.07) is 0. The Bertz CT molecular complexity index is 459. The van der Waals surface area contributed by atoms with Crippen molar-refractivity contribution in [1.82, 2.24) is 4.98 Å². The minimum absolute atomic E-state index is 0.0414. The molecule has 6 heteroatoms. The van der Waals surface area contributed by atoms with E-state index in [0.29, 0.717) is 31.2 Å². The summed E-state index contributed by atoms with van der Waals surface area (Å²) in [6.45, 7) is 7.43. The number of amides is 1. The first kappa shape index (κ1) is 14.4. The first-order valence-electron chi connectivity index (χ1n) is 6.46. The number of anilines is 1. The molecule has 19 heavy (non-hydrogen) atoms. The summed E-state index contributed by atoms with van der Waals surface area (Å²) >= 11 is 1.50. The molecule has 1 aromatic heterocycles. The van der Waals surface area contributed by atoms with Gasteiger partial charge in [0.25, 0.3) is 0 Å². The Labute approximate surface area is 117 Å². The lowest BCUT2D eigenvalue weighted by Gasteiger charge is -2.31. The molecule has 1 aliphatic rings. The largest absolute Gasteiger partial charge is 0.381 e. The number of nitrogens with one attached hydrogen (secondary N) is 1. The predicted octanol–water partition coefficient (Wildman–Crippen LogP) is 1.89. The van der Waals surface area contributed by atoms with Crippen molar-refractivity contribution in [2.24, 2.45) is 5.73 Å². The van der Waals surface area contributed by atoms with Crippen LogP contribution in [0.2, 0.25) is 0 Å². The van der Waals surface area contributed by atoms with Gasteiger partial charge in [0, 0.05) is 24.3 Å². The molecule has 106 valence electrons. The molecular weight excluding hydrogens is 262 g/mol. The van der Waals surface area contributed by atoms with Gasteiger partial charge in [0.15, 0.2) is 5.13 Å². The Morgan fingerprint density at radius 2 is 2.11 bits per heavy atom. The van der Waals surface area contributed by atoms with E-state index in [1.807, 2.05) is 6.20 Å². The number of hydrogen-bond donors (Lipinski definition) is 2. The van der Waals surface area contributed by atoms with E-state index < -0.39 is 5.54 Å². The highest BCUT2D eigenvalue weighted by Gasteiger charge is 2.36. The zero-order chi connectivity index (χ0) is 14.1. The Morgan fingerprint density at radius 3 is 2.63 bits per heavy atom. The number of aromatic nitrogens is 1. The molecule has 0 aromatic carbocycles. The lowest BCUT2D eigenvalue weighted by atomic mass is 9.90. The van der Waals surface area contributed by atoms with Gasteiger partial charge >= 0.3 is 0 Å². The summed E-state index contributed by atoms with van der Waals surface area (Å²) in [6.07, 6.45) is 2.92. The zero-order valence-electron chi connectivity index (χ0n) is 11.7. The smallest absolute Gasteiger partial charge is 0.246 e. The second-order valence-corrected chi connectivity index (χ2v) is 7.03. The second-order valence-electron chi connectivity index (χ2n) is 6.00. The molecule has 0 atom stereocenters. The maximum atomic E-state index is 12.2. The molecule has 0 bridgehead atoms. The van der Waals surface area contributed by atoms with Gasteiger partial charge in [-0.15, -0.1) is 11.3 Å². The van der Waals surface area contributed by atoms with Crippen LogP contribution in [0, 0.1) is 0 Å². The van der Waals surface area contributed by atoms with Gasteiger partial charge in [-0.25, -0.2) is 4.98 Å². The SMILES string of the molecule is CC(C)(C)c1cnc(NC(=O)C2(N)CCOCC2)s1. The third-order valence-corrected chi connectivity index (χ3v) is 4.64. The molecule has 2 heterocycles. The molecule has 0 radical (unpaired) electrons. The van der Waals surface area contributed by atoms with Crippen LogP contribution in [-0.4, -0.2) is 29.6 Å². The molecular formula is C13H21N3O2S. The maximum absolute atomic E-state index is 12.2. The van der Waals surface area contributed by atoms with E-state index >= 15 is 0 Å². The quantitative estimate of drug-likeness (QED) is 0.869. The van der Waals surface area contributed by atoms with E-state index in [-0.39, 0.29) is 11.3 Å². The fourth-order valence-electron chi connectivity index (χ4n) is 1.86. The fraction of sp³-hybridized carbons (Fsp3) is 0.692. The Morgan fingerprint density at radius 1 is 1.47 bits per heavy atom. The van der Waals surface area contributed by atoms with Crippen molar-refractivity contribution in [1.29, 1.82) is 0 Å². The highest BCUT2D eigenvalue weighted by Crippen LogP contribution is 2.30. The molecule has 0 aliphatic carbocycles. The molecule has 1 aromatic rings. The van der Waals surface area contributed by atoms with E-state index in [1.165, 1.54) is 11.3 Å². The van der Waals surface area contributed by atoms with E-state index in [2.05, 4.69) is 31.1 Å². The molecule has 0 unspecified atom stereocenters. The monoisotopic (exact) mass is 283 g/mol. The third kappa shape index (κ3) is 3.32. The highest BCUT2D eigenvalue weighted by molar-refractivity contribution is 7.15. The summed E-state index contributed by atoms with van der Waals surface area (Å²) in [5, 5.41) is 3.45. The summed E-state index contributed by atoms with van der Waals surface area (Å²) in [5.41, 5.74) is 5.34. The molecule has 0 spiro atoms. The minimum Gasteiger partial charge on any atom is -0.381 e. The predicted molar refractivity (Wildman–Crippen MR) is 76.4 cm³/mol. The summed E-state index contributed by atoms with van der Waals surface area (Å²) in [4.78, 5) is 17.6. The summed E-state index contributed by atoms with van der Waals surface area (Å²) < 4.78 is 5.24. The van der Waals surface area contributed by atoms with Crippen molar-refractivity contribution >= 4 is 22.4 Å². The van der Waals surface area contributed by atoms with Gasteiger partial charge in [0.05, 0.1) is 0 Å². The Kier molecular flexibility index (Phi) is 3.94. The fourth-order valence-corrected chi connectivity index (χ4v) is 2.73. The zero-order valence-corrected chi connectivity index (χ0v) is 12.5. The van der Waals surface area contributed by atoms with E-state index in [4.69, 9.17) is 10.5 Å². The number of carbonyl (C=O) groups is 1. The number of rotatable bonds is 2. The minimum atomic E-state index is -0.828. The van der Waals surface area contributed by atoms with Gasteiger partial charge in [0.1, 0.15) is 5.54 Å². The molecule has 1 aliphatic heterocycles. The van der Waals surface area contributed by atoms with Crippen molar-refractivity contribution in [3.8, 4) is 0 Å². The lowest BCUT2D eigenvalue weighted by molar-refractivity contribution is -0.124. The maximum Gasteiger partial charge on any atom is 0.246 e. The standard InChI is InChI=1S/C13H21N3O2S/c1-12(2,3)9-8-15-11(19-9)16-10(17)13(14)4-6-18-7-5-13/h8H,4-7,14H2,1-3H3,(H,15,16,17). The van der Waals surface area contributed by atoms with Crippen LogP contribution in [0.4, 0.5) is 5.13 Å². The van der Waals surface area contributed by atoms with Crippen LogP contribution in [0.15, 0.2) is 6.20 Å². The number of carbonyl (C=O) groups excluding carboxylic acids is 1. The van der Waals surface area contributed by atoms with Crippen molar-refractivity contribution in [2.75, 3.05) is 18.5 Å². The third-order valence-electron chi connectivity index (χ3n) is 3.30. The average molecular weight is 283 g/mol. The van der Waals surface area contributed by atoms with E-state index in [0.717, 1.165) is 4.88 Å². The van der Waals surface area contributed by atoms with Crippen molar-refractivity contribution in [2.45, 2.75) is 44.6 Å². The van der Waals surface area contributed by atoms with E-state index in [1.54, 1.807) is 0 Å². The molecule has 1 saturated heterocycles. The van der Waals surface area contributed by atoms with Gasteiger partial charge in [-0.05, 0) is 18.3 Å². The number of thiazole rings is 1. The topological polar surface area (TPSA) is 77.2 Å². The first-order valence-corrected chi connectivity index (χ1v) is 7.27. The highest BCUT2D eigenvalue weighted by atomic mass is 32.1. The van der Waals surface area contributed by atoms with Crippen LogP contribution < -0.4 is 11.1 Å². The molecule has 0 saturated carbocycles. The molecule has 1 fully saturated rings. The van der Waals surface area contributed by atoms with Crippen molar-refractivity contribution in [3.63, 3.8) is 0 Å². The molecule has 5 nitrogen and oxygen atoms in total. The van der Waals surface area contributed by atoms with Crippen LogP contribution in [0.25, 0.3) is 0 Å². The molecule has 1 amide bonds. The van der Waals surface area contributed by atoms with Crippen LogP contribution >= 0.6 is 11.3 Å². The Hall–Kier alpha value is -0.980. The van der Waals surface area contributed by atoms with Crippen molar-refractivity contribution < 1.29 is 9.53 Å². The van der Waals surface area contributed by atoms with Crippen LogP contribution in [0.5, 0.6) is 0 Å². The normalized spacial score (nSPS) is 19.2. The van der Waals surface area contributed by atoms with Gasteiger partial charge in [-0.3, -0.25) is 4.79 Å². The number of nitrogens with two attached hydrogens (primary N) is 1. The van der Waals surface area contributed by atoms with Crippen molar-refractivity contribution in [3.05, 3.63) is 11.1 Å². The molecule has 2 rings (SSSR count). The van der Waals surface area contributed by atoms with Crippen LogP contribution in [0.3, 0.4) is 0 Å². The second kappa shape index (κ2) is 5.19. The lowest BCUT2D eigenvalue weighted by Crippen LogP contribution is -2.54. The van der Waals surface area contributed by atoms with Gasteiger partial charge < -0.3 is 15.8 Å². The average Bonchev–Trinajstić information content (AvgIpc) is 2.78. The Balaban J connectivity index is 2.04. The van der Waals surface area contributed by atoms with Crippen LogP contribution in [-0.2, 0) is 14.9 Å². The number of hydrogen-bond acceptors (Lipinski definition) is 5. The summed E-state index contributed by atoms with van der Waals surface area (Å²) in [5.74, 6) is -0.161. The first-order chi connectivity index (χ1) is 8.81. The van der Waals surface area contributed by atoms with E-state index in [9.17, 15) is 4.79 Å². The number of ether oxygens (including phenoxy) is 1. The van der Waals surface area contributed by atoms with Gasteiger partial charge in [-0.1, -0.05) is 20.8 Å². The van der Waals surface area contributed by atoms with Gasteiger partial charge in [0.2, 0.25) is 5.91 Å².